The van der Waals surface area contributed by atoms with Crippen LogP contribution in [-0.2, 0) is 17.5 Å². The van der Waals surface area contributed by atoms with Crippen LogP contribution in [0.25, 0.3) is 0 Å². The third kappa shape index (κ3) is 3.43. The van der Waals surface area contributed by atoms with E-state index >= 15 is 0 Å². The Morgan fingerprint density at radius 3 is 2.70 bits per heavy atom. The third-order valence-electron chi connectivity index (χ3n) is 3.51. The van der Waals surface area contributed by atoms with Crippen molar-refractivity contribution < 1.29 is 23.0 Å². The molecular weight excluding hydrogens is 271 g/mol. The quantitative estimate of drug-likeness (QED) is 0.925. The minimum Gasteiger partial charge on any atom is -0.392 e. The van der Waals surface area contributed by atoms with Crippen LogP contribution in [0, 0.1) is 0 Å². The smallest absolute Gasteiger partial charge is 0.392 e. The number of ether oxygens (including phenoxy) is 1. The Morgan fingerprint density at radius 2 is 2.15 bits per heavy atom. The molecule has 0 aromatic heterocycles. The highest BCUT2D eigenvalue weighted by atomic mass is 19.4. The zero-order valence-corrected chi connectivity index (χ0v) is 11.3. The van der Waals surface area contributed by atoms with Crippen molar-refractivity contribution in [1.29, 1.82) is 0 Å². The van der Waals surface area contributed by atoms with Crippen molar-refractivity contribution in [2.45, 2.75) is 31.7 Å². The Balaban J connectivity index is 2.19. The van der Waals surface area contributed by atoms with Crippen molar-refractivity contribution in [3.05, 3.63) is 29.3 Å². The molecule has 1 heterocycles. The van der Waals surface area contributed by atoms with Crippen molar-refractivity contribution >= 4 is 5.69 Å². The third-order valence-corrected chi connectivity index (χ3v) is 3.51. The van der Waals surface area contributed by atoms with Gasteiger partial charge in [0.05, 0.1) is 18.3 Å². The van der Waals surface area contributed by atoms with Crippen molar-refractivity contribution in [1.82, 2.24) is 0 Å². The fourth-order valence-electron chi connectivity index (χ4n) is 2.40. The van der Waals surface area contributed by atoms with Crippen LogP contribution in [-0.4, -0.2) is 31.4 Å². The standard InChI is InChI=1S/C14H18F3NO2/c1-18(8-12-3-2-6-20-12)11-5-4-10(9-19)13(7-11)14(15,16)17/h4-5,7,12,19H,2-3,6,8-9H2,1H3. The summed E-state index contributed by atoms with van der Waals surface area (Å²) in [5.74, 6) is 0. The van der Waals surface area contributed by atoms with E-state index in [9.17, 15) is 13.2 Å². The lowest BCUT2D eigenvalue weighted by atomic mass is 10.1. The normalized spacial score (nSPS) is 19.4. The van der Waals surface area contributed by atoms with Gasteiger partial charge in [0, 0.05) is 25.9 Å². The Labute approximate surface area is 116 Å². The van der Waals surface area contributed by atoms with Gasteiger partial charge < -0.3 is 14.7 Å². The van der Waals surface area contributed by atoms with E-state index in [0.717, 1.165) is 25.5 Å². The Hall–Kier alpha value is -1.27. The van der Waals surface area contributed by atoms with Crippen molar-refractivity contribution in [2.75, 3.05) is 25.1 Å². The van der Waals surface area contributed by atoms with Gasteiger partial charge in [-0.05, 0) is 30.5 Å². The minimum absolute atomic E-state index is 0.0758. The molecule has 1 N–H and O–H groups in total. The number of aliphatic hydroxyl groups is 1. The Bertz CT molecular complexity index is 456. The molecule has 1 atom stereocenters. The molecule has 0 radical (unpaired) electrons. The molecule has 0 bridgehead atoms. The highest BCUT2D eigenvalue weighted by Gasteiger charge is 2.33. The summed E-state index contributed by atoms with van der Waals surface area (Å²) in [6.07, 6.45) is -2.45. The van der Waals surface area contributed by atoms with Gasteiger partial charge in [-0.3, -0.25) is 0 Å². The molecule has 6 heteroatoms. The molecule has 1 fully saturated rings. The molecule has 1 aliphatic rings. The summed E-state index contributed by atoms with van der Waals surface area (Å²) in [7, 11) is 1.75. The maximum absolute atomic E-state index is 12.9. The second-order valence-electron chi connectivity index (χ2n) is 5.01. The molecule has 1 aliphatic heterocycles. The van der Waals surface area contributed by atoms with E-state index in [1.165, 1.54) is 6.07 Å². The summed E-state index contributed by atoms with van der Waals surface area (Å²) in [5, 5.41) is 9.01. The lowest BCUT2D eigenvalue weighted by Gasteiger charge is -2.24. The van der Waals surface area contributed by atoms with E-state index in [1.807, 2.05) is 0 Å². The van der Waals surface area contributed by atoms with Gasteiger partial charge in [-0.2, -0.15) is 13.2 Å². The van der Waals surface area contributed by atoms with Crippen LogP contribution in [0.4, 0.5) is 18.9 Å². The number of hydrogen-bond donors (Lipinski definition) is 1. The topological polar surface area (TPSA) is 32.7 Å². The first-order valence-corrected chi connectivity index (χ1v) is 6.55. The average molecular weight is 289 g/mol. The van der Waals surface area contributed by atoms with Crippen LogP contribution in [0.2, 0.25) is 0 Å². The van der Waals surface area contributed by atoms with E-state index in [0.29, 0.717) is 12.2 Å². The summed E-state index contributed by atoms with van der Waals surface area (Å²) in [6, 6.07) is 4.00. The summed E-state index contributed by atoms with van der Waals surface area (Å²) in [5.41, 5.74) is -0.409. The molecule has 3 nitrogen and oxygen atoms in total. The van der Waals surface area contributed by atoms with Gasteiger partial charge >= 0.3 is 6.18 Å². The molecule has 1 saturated heterocycles. The van der Waals surface area contributed by atoms with Gasteiger partial charge in [0.2, 0.25) is 0 Å². The monoisotopic (exact) mass is 289 g/mol. The van der Waals surface area contributed by atoms with Crippen LogP contribution < -0.4 is 4.90 Å². The molecular formula is C14H18F3NO2. The first kappa shape index (κ1) is 15.1. The minimum atomic E-state index is -4.46. The van der Waals surface area contributed by atoms with E-state index in [1.54, 1.807) is 18.0 Å². The fraction of sp³-hybridized carbons (Fsp3) is 0.571. The number of hydrogen-bond acceptors (Lipinski definition) is 3. The zero-order chi connectivity index (χ0) is 14.8. The summed E-state index contributed by atoms with van der Waals surface area (Å²) < 4.78 is 44.3. The molecule has 0 amide bonds. The van der Waals surface area contributed by atoms with Gasteiger partial charge in [0.1, 0.15) is 0 Å². The van der Waals surface area contributed by atoms with E-state index in [4.69, 9.17) is 9.84 Å². The highest BCUT2D eigenvalue weighted by molar-refractivity contribution is 5.51. The van der Waals surface area contributed by atoms with Crippen LogP contribution in [0.5, 0.6) is 0 Å². The SMILES string of the molecule is CN(CC1CCCO1)c1ccc(CO)c(C(F)(F)F)c1. The van der Waals surface area contributed by atoms with Crippen LogP contribution in [0.3, 0.4) is 0 Å². The molecule has 0 aliphatic carbocycles. The predicted octanol–water partition coefficient (Wildman–Crippen LogP) is 2.81. The molecule has 0 saturated carbocycles. The number of anilines is 1. The molecule has 2 rings (SSSR count). The van der Waals surface area contributed by atoms with Crippen molar-refractivity contribution in [2.24, 2.45) is 0 Å². The number of halogens is 3. The van der Waals surface area contributed by atoms with Gasteiger partial charge in [0.15, 0.2) is 0 Å². The van der Waals surface area contributed by atoms with E-state index < -0.39 is 18.3 Å². The fourth-order valence-corrected chi connectivity index (χ4v) is 2.40. The molecule has 20 heavy (non-hydrogen) atoms. The number of alkyl halides is 3. The number of nitrogens with zero attached hydrogens (tertiary/aromatic N) is 1. The Kier molecular flexibility index (Phi) is 4.55. The van der Waals surface area contributed by atoms with Gasteiger partial charge in [-0.25, -0.2) is 0 Å². The summed E-state index contributed by atoms with van der Waals surface area (Å²) >= 11 is 0. The first-order chi connectivity index (χ1) is 9.41. The lowest BCUT2D eigenvalue weighted by molar-refractivity contribution is -0.138. The number of rotatable bonds is 4. The van der Waals surface area contributed by atoms with Crippen molar-refractivity contribution in [3.63, 3.8) is 0 Å². The van der Waals surface area contributed by atoms with Crippen LogP contribution >= 0.6 is 0 Å². The van der Waals surface area contributed by atoms with Crippen LogP contribution in [0.15, 0.2) is 18.2 Å². The molecule has 1 aromatic carbocycles. The predicted molar refractivity (Wildman–Crippen MR) is 69.6 cm³/mol. The summed E-state index contributed by atoms with van der Waals surface area (Å²) in [4.78, 5) is 1.76. The second kappa shape index (κ2) is 6.01. The average Bonchev–Trinajstić information content (AvgIpc) is 2.89. The second-order valence-corrected chi connectivity index (χ2v) is 5.01. The number of likely N-dealkylation sites (N-methyl/N-ethyl adjacent to an activating group) is 1. The van der Waals surface area contributed by atoms with Gasteiger partial charge in [0.25, 0.3) is 0 Å². The Morgan fingerprint density at radius 1 is 1.40 bits per heavy atom. The van der Waals surface area contributed by atoms with Crippen molar-refractivity contribution in [3.8, 4) is 0 Å². The van der Waals surface area contributed by atoms with E-state index in [2.05, 4.69) is 0 Å². The first-order valence-electron chi connectivity index (χ1n) is 6.55. The highest BCUT2D eigenvalue weighted by Crippen LogP contribution is 2.34. The van der Waals surface area contributed by atoms with E-state index in [-0.39, 0.29) is 11.7 Å². The molecule has 1 unspecified atom stereocenters. The summed E-state index contributed by atoms with van der Waals surface area (Å²) in [6.45, 7) is 0.663. The zero-order valence-electron chi connectivity index (χ0n) is 11.3. The number of benzene rings is 1. The largest absolute Gasteiger partial charge is 0.416 e. The molecule has 0 spiro atoms. The maximum atomic E-state index is 12.9. The number of aliphatic hydroxyl groups excluding tert-OH is 1. The molecule has 1 aromatic rings. The van der Waals surface area contributed by atoms with Gasteiger partial charge in [-0.15, -0.1) is 0 Å². The van der Waals surface area contributed by atoms with Gasteiger partial charge in [-0.1, -0.05) is 6.07 Å². The maximum Gasteiger partial charge on any atom is 0.416 e. The molecule has 112 valence electrons. The lowest BCUT2D eigenvalue weighted by Crippen LogP contribution is -2.28. The van der Waals surface area contributed by atoms with Crippen LogP contribution in [0.1, 0.15) is 24.0 Å².